The van der Waals surface area contributed by atoms with Crippen LogP contribution in [0.1, 0.15) is 30.8 Å². The number of amides is 1. The number of hydrogen-bond acceptors (Lipinski definition) is 3. The first-order valence-corrected chi connectivity index (χ1v) is 7.61. The number of carbonyl (C=O) groups is 1. The highest BCUT2D eigenvalue weighted by Gasteiger charge is 2.25. The number of fused-ring (bicyclic) bond motifs is 1. The Labute approximate surface area is 125 Å². The summed E-state index contributed by atoms with van der Waals surface area (Å²) in [4.78, 5) is 23.3. The number of benzene rings is 1. The van der Waals surface area contributed by atoms with Crippen molar-refractivity contribution in [3.8, 4) is 0 Å². The van der Waals surface area contributed by atoms with Crippen molar-refractivity contribution in [2.75, 3.05) is 26.2 Å². The molecule has 1 N–H and O–H groups in total. The highest BCUT2D eigenvalue weighted by atomic mass is 16.1. The number of carbonyl (C=O) groups excluding carboxylic acids is 1. The van der Waals surface area contributed by atoms with E-state index in [0.29, 0.717) is 6.04 Å². The van der Waals surface area contributed by atoms with Crippen LogP contribution in [-0.2, 0) is 4.79 Å². The smallest absolute Gasteiger partial charge is 0.209 e. The van der Waals surface area contributed by atoms with Crippen molar-refractivity contribution in [1.29, 1.82) is 0 Å². The van der Waals surface area contributed by atoms with Gasteiger partial charge >= 0.3 is 0 Å². The molecule has 0 spiro atoms. The minimum absolute atomic E-state index is 0.298. The fourth-order valence-electron chi connectivity index (χ4n) is 3.08. The lowest BCUT2D eigenvalue weighted by molar-refractivity contribution is -0.120. The monoisotopic (exact) mass is 286 g/mol. The first-order valence-electron chi connectivity index (χ1n) is 7.61. The molecule has 2 heterocycles. The van der Waals surface area contributed by atoms with Crippen molar-refractivity contribution < 1.29 is 4.79 Å². The second-order valence-electron chi connectivity index (χ2n) is 5.74. The number of imidazole rings is 1. The van der Waals surface area contributed by atoms with E-state index in [-0.39, 0.29) is 0 Å². The van der Waals surface area contributed by atoms with Crippen molar-refractivity contribution >= 4 is 17.4 Å². The van der Waals surface area contributed by atoms with Gasteiger partial charge < -0.3 is 9.88 Å². The lowest BCUT2D eigenvalue weighted by Crippen LogP contribution is -2.47. The Hall–Kier alpha value is -1.88. The molecular formula is C16H22N4O. The Morgan fingerprint density at radius 3 is 2.76 bits per heavy atom. The van der Waals surface area contributed by atoms with Gasteiger partial charge in [-0.25, -0.2) is 4.98 Å². The van der Waals surface area contributed by atoms with Crippen LogP contribution in [0.5, 0.6) is 0 Å². The predicted octanol–water partition coefficient (Wildman–Crippen LogP) is 2.10. The van der Waals surface area contributed by atoms with Crippen LogP contribution in [0.15, 0.2) is 18.2 Å². The molecule has 5 nitrogen and oxygen atoms in total. The molecule has 21 heavy (non-hydrogen) atoms. The van der Waals surface area contributed by atoms with Gasteiger partial charge in [-0.05, 0) is 31.0 Å². The van der Waals surface area contributed by atoms with Gasteiger partial charge in [0.25, 0.3) is 0 Å². The number of hydrogen-bond donors (Lipinski definition) is 1. The Bertz CT molecular complexity index is 628. The lowest BCUT2D eigenvalue weighted by Gasteiger charge is -2.36. The molecule has 5 heteroatoms. The van der Waals surface area contributed by atoms with Crippen molar-refractivity contribution in [2.45, 2.75) is 26.3 Å². The number of nitrogens with zero attached hydrogens (tertiary/aromatic N) is 3. The third-order valence-electron chi connectivity index (χ3n) is 4.30. The molecule has 1 aliphatic heterocycles. The Morgan fingerprint density at radius 1 is 1.33 bits per heavy atom. The van der Waals surface area contributed by atoms with Crippen LogP contribution in [-0.4, -0.2) is 52.4 Å². The van der Waals surface area contributed by atoms with E-state index >= 15 is 0 Å². The number of H-pyrrole nitrogens is 1. The third-order valence-corrected chi connectivity index (χ3v) is 4.30. The third kappa shape index (κ3) is 2.78. The summed E-state index contributed by atoms with van der Waals surface area (Å²) in [5.41, 5.74) is 3.38. The zero-order valence-corrected chi connectivity index (χ0v) is 12.7. The van der Waals surface area contributed by atoms with Gasteiger partial charge in [-0.1, -0.05) is 13.0 Å². The van der Waals surface area contributed by atoms with Crippen LogP contribution < -0.4 is 0 Å². The van der Waals surface area contributed by atoms with E-state index in [1.54, 1.807) is 0 Å². The predicted molar refractivity (Wildman–Crippen MR) is 83.1 cm³/mol. The second-order valence-corrected chi connectivity index (χ2v) is 5.74. The van der Waals surface area contributed by atoms with E-state index in [0.717, 1.165) is 55.9 Å². The average Bonchev–Trinajstić information content (AvgIpc) is 2.91. The summed E-state index contributed by atoms with van der Waals surface area (Å²) in [6, 6.07) is 6.60. The Balaban J connectivity index is 1.83. The van der Waals surface area contributed by atoms with Gasteiger partial charge in [-0.2, -0.15) is 0 Å². The van der Waals surface area contributed by atoms with Crippen molar-refractivity contribution in [3.05, 3.63) is 29.6 Å². The topological polar surface area (TPSA) is 52.2 Å². The van der Waals surface area contributed by atoms with Crippen LogP contribution in [0.4, 0.5) is 0 Å². The molecular weight excluding hydrogens is 264 g/mol. The van der Waals surface area contributed by atoms with Gasteiger partial charge in [0, 0.05) is 26.2 Å². The fraction of sp³-hybridized carbons (Fsp3) is 0.500. The molecule has 0 saturated carbocycles. The molecule has 1 atom stereocenters. The van der Waals surface area contributed by atoms with E-state index < -0.39 is 0 Å². The molecule has 2 aromatic rings. The molecule has 1 aromatic heterocycles. The van der Waals surface area contributed by atoms with Gasteiger partial charge in [-0.15, -0.1) is 0 Å². The minimum atomic E-state index is 0.298. The van der Waals surface area contributed by atoms with Crippen molar-refractivity contribution in [2.24, 2.45) is 0 Å². The number of aryl methyl sites for hydroxylation is 1. The van der Waals surface area contributed by atoms with Crippen molar-refractivity contribution in [3.63, 3.8) is 0 Å². The van der Waals surface area contributed by atoms with Crippen molar-refractivity contribution in [1.82, 2.24) is 19.8 Å². The number of piperazine rings is 1. The summed E-state index contributed by atoms with van der Waals surface area (Å²) < 4.78 is 0. The summed E-state index contributed by atoms with van der Waals surface area (Å²) in [5.74, 6) is 1.04. The maximum atomic E-state index is 10.8. The summed E-state index contributed by atoms with van der Waals surface area (Å²) >= 11 is 0. The Morgan fingerprint density at radius 2 is 2.10 bits per heavy atom. The van der Waals surface area contributed by atoms with E-state index in [1.807, 2.05) is 4.90 Å². The molecule has 0 radical (unpaired) electrons. The molecule has 1 unspecified atom stereocenters. The molecule has 0 bridgehead atoms. The fourth-order valence-corrected chi connectivity index (χ4v) is 3.08. The van der Waals surface area contributed by atoms with Crippen LogP contribution in [0.2, 0.25) is 0 Å². The largest absolute Gasteiger partial charge is 0.343 e. The molecule has 1 aromatic carbocycles. The number of aromatic amines is 1. The molecule has 0 aliphatic carbocycles. The first-order chi connectivity index (χ1) is 10.2. The highest BCUT2D eigenvalue weighted by molar-refractivity contribution is 5.75. The molecule has 1 fully saturated rings. The maximum Gasteiger partial charge on any atom is 0.209 e. The van der Waals surface area contributed by atoms with Gasteiger partial charge in [0.2, 0.25) is 6.41 Å². The summed E-state index contributed by atoms with van der Waals surface area (Å²) in [5, 5.41) is 0. The second kappa shape index (κ2) is 5.85. The zero-order chi connectivity index (χ0) is 14.8. The van der Waals surface area contributed by atoms with E-state index in [1.165, 1.54) is 5.56 Å². The van der Waals surface area contributed by atoms with Crippen LogP contribution in [0, 0.1) is 6.92 Å². The quantitative estimate of drug-likeness (QED) is 0.876. The van der Waals surface area contributed by atoms with Gasteiger partial charge in [0.05, 0.1) is 17.1 Å². The number of rotatable bonds is 4. The molecule has 1 saturated heterocycles. The molecule has 1 aliphatic rings. The van der Waals surface area contributed by atoms with Crippen LogP contribution >= 0.6 is 0 Å². The lowest BCUT2D eigenvalue weighted by atomic mass is 10.1. The highest BCUT2D eigenvalue weighted by Crippen LogP contribution is 2.25. The first kappa shape index (κ1) is 14.1. The summed E-state index contributed by atoms with van der Waals surface area (Å²) in [6.45, 7) is 7.71. The van der Waals surface area contributed by atoms with Crippen LogP contribution in [0.3, 0.4) is 0 Å². The van der Waals surface area contributed by atoms with Gasteiger partial charge in [0.1, 0.15) is 5.82 Å². The van der Waals surface area contributed by atoms with Crippen LogP contribution in [0.25, 0.3) is 11.0 Å². The van der Waals surface area contributed by atoms with E-state index in [9.17, 15) is 4.79 Å². The van der Waals surface area contributed by atoms with E-state index in [4.69, 9.17) is 4.98 Å². The molecule has 112 valence electrons. The zero-order valence-electron chi connectivity index (χ0n) is 12.7. The Kier molecular flexibility index (Phi) is 3.92. The normalized spacial score (nSPS) is 18.1. The minimum Gasteiger partial charge on any atom is -0.343 e. The maximum absolute atomic E-state index is 10.8. The number of nitrogens with one attached hydrogen (secondary N) is 1. The average molecular weight is 286 g/mol. The molecule has 3 rings (SSSR count). The molecule has 1 amide bonds. The van der Waals surface area contributed by atoms with Gasteiger partial charge in [0.15, 0.2) is 0 Å². The number of aromatic nitrogens is 2. The standard InChI is InChI=1S/C16H22N4O/c1-3-15(20-8-6-19(11-21)7-9-20)16-17-13-5-4-12(2)10-14(13)18-16/h4-5,10-11,15H,3,6-9H2,1-2H3,(H,17,18). The van der Waals surface area contributed by atoms with Gasteiger partial charge in [-0.3, -0.25) is 9.69 Å². The summed E-state index contributed by atoms with van der Waals surface area (Å²) in [6.07, 6.45) is 1.96. The van der Waals surface area contributed by atoms with E-state index in [2.05, 4.69) is 41.9 Å². The SMILES string of the molecule is CCC(c1nc2ccc(C)cc2[nH]1)N1CCN(C=O)CC1. The summed E-state index contributed by atoms with van der Waals surface area (Å²) in [7, 11) is 0.